The molecule has 2 rings (SSSR count). The molecule has 0 fully saturated rings. The maximum Gasteiger partial charge on any atom is 0.393 e. The van der Waals surface area contributed by atoms with Gasteiger partial charge in [-0.05, 0) is 11.1 Å². The lowest BCUT2D eigenvalue weighted by Gasteiger charge is -2.33. The van der Waals surface area contributed by atoms with Gasteiger partial charge in [-0.3, -0.25) is 9.59 Å². The van der Waals surface area contributed by atoms with Gasteiger partial charge in [0.2, 0.25) is 12.3 Å². The van der Waals surface area contributed by atoms with Crippen LogP contribution in [0.15, 0.2) is 72.4 Å². The fourth-order valence-corrected chi connectivity index (χ4v) is 3.33. The summed E-state index contributed by atoms with van der Waals surface area (Å²) < 4.78 is 38.9. The molecule has 3 N–H and O–H groups in total. The van der Waals surface area contributed by atoms with E-state index >= 15 is 0 Å². The van der Waals surface area contributed by atoms with E-state index in [0.29, 0.717) is 18.3 Å². The summed E-state index contributed by atoms with van der Waals surface area (Å²) in [4.78, 5) is 38.1. The number of hydrazine groups is 1. The third-order valence-electron chi connectivity index (χ3n) is 4.67. The highest BCUT2D eigenvalue weighted by molar-refractivity contribution is 5.95. The molecule has 0 aliphatic carbocycles. The molecule has 10 heteroatoms. The summed E-state index contributed by atoms with van der Waals surface area (Å²) in [6.07, 6.45) is -4.44. The van der Waals surface area contributed by atoms with Crippen LogP contribution in [0.4, 0.5) is 13.2 Å². The zero-order valence-electron chi connectivity index (χ0n) is 17.9. The number of nitrogens with one attached hydrogen (secondary N) is 1. The Hall–Kier alpha value is -3.66. The van der Waals surface area contributed by atoms with Gasteiger partial charge in [0.25, 0.3) is 0 Å². The summed E-state index contributed by atoms with van der Waals surface area (Å²) in [6.45, 7) is 0.112. The second-order valence-corrected chi connectivity index (χ2v) is 7.37. The number of alkyl halides is 3. The van der Waals surface area contributed by atoms with Gasteiger partial charge >= 0.3 is 6.18 Å². The van der Waals surface area contributed by atoms with Crippen LogP contribution in [0.25, 0.3) is 0 Å². The van der Waals surface area contributed by atoms with Crippen molar-refractivity contribution < 1.29 is 27.6 Å². The van der Waals surface area contributed by atoms with Crippen molar-refractivity contribution in [2.75, 3.05) is 7.05 Å². The SMILES string of the molecule is CN(N)/C=C(\CC(F)(F)F)C(=O)NC(C=O)C(c1ccccc1)N(C=O)Cc1ccccc1. The highest BCUT2D eigenvalue weighted by atomic mass is 19.4. The largest absolute Gasteiger partial charge is 0.393 e. The van der Waals surface area contributed by atoms with Gasteiger partial charge < -0.3 is 20.0 Å². The van der Waals surface area contributed by atoms with E-state index in [9.17, 15) is 27.6 Å². The van der Waals surface area contributed by atoms with Crippen molar-refractivity contribution in [2.45, 2.75) is 31.2 Å². The molecule has 0 saturated carbocycles. The summed E-state index contributed by atoms with van der Waals surface area (Å²) >= 11 is 0. The third kappa shape index (κ3) is 8.08. The van der Waals surface area contributed by atoms with E-state index in [4.69, 9.17) is 5.84 Å². The van der Waals surface area contributed by atoms with Crippen LogP contribution in [-0.2, 0) is 20.9 Å². The van der Waals surface area contributed by atoms with E-state index in [-0.39, 0.29) is 6.54 Å². The zero-order valence-corrected chi connectivity index (χ0v) is 17.9. The van der Waals surface area contributed by atoms with Gasteiger partial charge in [-0.25, -0.2) is 5.84 Å². The average molecular weight is 462 g/mol. The number of aldehydes is 1. The lowest BCUT2D eigenvalue weighted by molar-refractivity contribution is -0.135. The average Bonchev–Trinajstić information content (AvgIpc) is 2.77. The number of hydrogen-bond acceptors (Lipinski definition) is 5. The van der Waals surface area contributed by atoms with Crippen molar-refractivity contribution in [3.05, 3.63) is 83.6 Å². The van der Waals surface area contributed by atoms with Crippen molar-refractivity contribution in [1.82, 2.24) is 15.2 Å². The second-order valence-electron chi connectivity index (χ2n) is 7.37. The van der Waals surface area contributed by atoms with E-state index < -0.39 is 36.2 Å². The molecule has 0 radical (unpaired) electrons. The maximum atomic E-state index is 13.0. The smallest absolute Gasteiger partial charge is 0.340 e. The number of hydrogen-bond donors (Lipinski definition) is 2. The fraction of sp³-hybridized carbons (Fsp3) is 0.261. The molecule has 0 aromatic heterocycles. The first-order chi connectivity index (χ1) is 15.6. The van der Waals surface area contributed by atoms with Gasteiger partial charge in [-0.2, -0.15) is 13.2 Å². The van der Waals surface area contributed by atoms with Crippen molar-refractivity contribution in [2.24, 2.45) is 5.84 Å². The number of nitrogens with zero attached hydrogens (tertiary/aromatic N) is 2. The molecule has 0 aliphatic heterocycles. The van der Waals surface area contributed by atoms with Crippen LogP contribution in [0.3, 0.4) is 0 Å². The number of amides is 2. The number of rotatable bonds is 11. The quantitative estimate of drug-likeness (QED) is 0.232. The van der Waals surface area contributed by atoms with Crippen LogP contribution < -0.4 is 11.2 Å². The third-order valence-corrected chi connectivity index (χ3v) is 4.67. The Balaban J connectivity index is 2.40. The van der Waals surface area contributed by atoms with Crippen LogP contribution in [0.1, 0.15) is 23.6 Å². The van der Waals surface area contributed by atoms with Crippen molar-refractivity contribution in [1.29, 1.82) is 0 Å². The highest BCUT2D eigenvalue weighted by Crippen LogP contribution is 2.27. The van der Waals surface area contributed by atoms with Crippen LogP contribution in [0.2, 0.25) is 0 Å². The van der Waals surface area contributed by atoms with Gasteiger partial charge in [-0.1, -0.05) is 60.7 Å². The van der Waals surface area contributed by atoms with Gasteiger partial charge in [-0.15, -0.1) is 0 Å². The lowest BCUT2D eigenvalue weighted by atomic mass is 9.97. The first-order valence-electron chi connectivity index (χ1n) is 9.95. The molecule has 2 amide bonds. The minimum absolute atomic E-state index is 0.112. The molecule has 0 saturated heterocycles. The highest BCUT2D eigenvalue weighted by Gasteiger charge is 2.35. The van der Waals surface area contributed by atoms with Gasteiger partial charge in [0, 0.05) is 25.4 Å². The van der Waals surface area contributed by atoms with E-state index in [2.05, 4.69) is 5.32 Å². The monoisotopic (exact) mass is 462 g/mol. The van der Waals surface area contributed by atoms with Crippen LogP contribution in [0.5, 0.6) is 0 Å². The molecule has 2 aromatic rings. The molecule has 0 bridgehead atoms. The summed E-state index contributed by atoms with van der Waals surface area (Å²) in [5.41, 5.74) is 0.617. The van der Waals surface area contributed by atoms with Crippen LogP contribution >= 0.6 is 0 Å². The van der Waals surface area contributed by atoms with E-state index in [0.717, 1.165) is 16.8 Å². The van der Waals surface area contributed by atoms with Gasteiger partial charge in [0.1, 0.15) is 12.3 Å². The number of carbonyl (C=O) groups excluding carboxylic acids is 3. The van der Waals surface area contributed by atoms with Gasteiger partial charge in [0.05, 0.1) is 12.5 Å². The Kier molecular flexibility index (Phi) is 9.17. The van der Waals surface area contributed by atoms with Crippen molar-refractivity contribution in [3.8, 4) is 0 Å². The molecular weight excluding hydrogens is 437 g/mol. The number of carbonyl (C=O) groups is 3. The molecule has 0 spiro atoms. The molecule has 2 unspecified atom stereocenters. The summed E-state index contributed by atoms with van der Waals surface area (Å²) in [7, 11) is 1.27. The Labute approximate surface area is 189 Å². The van der Waals surface area contributed by atoms with E-state index in [1.807, 2.05) is 0 Å². The normalized spacial score (nSPS) is 13.5. The number of halogens is 3. The minimum atomic E-state index is -4.67. The second kappa shape index (κ2) is 11.8. The standard InChI is InChI=1S/C23H25F3N4O3/c1-29(27)14-19(12-23(24,25)26)22(33)28-20(15-31)21(18-10-6-3-7-11-18)30(16-32)13-17-8-4-2-5-9-17/h2-11,14-16,20-21H,12-13,27H2,1H3,(H,28,33)/b19-14+. The predicted molar refractivity (Wildman–Crippen MR) is 116 cm³/mol. The number of nitrogens with two attached hydrogens (primary N) is 1. The topological polar surface area (TPSA) is 95.7 Å². The van der Waals surface area contributed by atoms with Gasteiger partial charge in [0.15, 0.2) is 0 Å². The van der Waals surface area contributed by atoms with Crippen LogP contribution in [0, 0.1) is 0 Å². The van der Waals surface area contributed by atoms with Crippen molar-refractivity contribution in [3.63, 3.8) is 0 Å². The number of benzene rings is 2. The molecule has 2 atom stereocenters. The lowest BCUT2D eigenvalue weighted by Crippen LogP contribution is -2.47. The first kappa shape index (κ1) is 25.6. The molecule has 0 heterocycles. The molecular formula is C23H25F3N4O3. The molecule has 7 nitrogen and oxygen atoms in total. The van der Waals surface area contributed by atoms with Crippen molar-refractivity contribution >= 4 is 18.6 Å². The predicted octanol–water partition coefficient (Wildman–Crippen LogP) is 2.71. The summed E-state index contributed by atoms with van der Waals surface area (Å²) in [6, 6.07) is 15.1. The van der Waals surface area contributed by atoms with E-state index in [1.54, 1.807) is 60.7 Å². The first-order valence-corrected chi connectivity index (χ1v) is 9.95. The zero-order chi connectivity index (χ0) is 24.4. The Morgan fingerprint density at radius 3 is 2.12 bits per heavy atom. The van der Waals surface area contributed by atoms with E-state index in [1.165, 1.54) is 11.9 Å². The molecule has 2 aromatic carbocycles. The molecule has 176 valence electrons. The minimum Gasteiger partial charge on any atom is -0.340 e. The Morgan fingerprint density at radius 1 is 1.06 bits per heavy atom. The fourth-order valence-electron chi connectivity index (χ4n) is 3.33. The summed E-state index contributed by atoms with van der Waals surface area (Å²) in [5.74, 6) is 4.29. The molecule has 33 heavy (non-hydrogen) atoms. The molecule has 0 aliphatic rings. The maximum absolute atomic E-state index is 13.0. The Morgan fingerprint density at radius 2 is 1.64 bits per heavy atom. The van der Waals surface area contributed by atoms with Crippen LogP contribution in [-0.4, -0.2) is 47.8 Å². The Bertz CT molecular complexity index is 950. The summed E-state index contributed by atoms with van der Waals surface area (Å²) in [5, 5.41) is 3.15.